The van der Waals surface area contributed by atoms with Crippen molar-refractivity contribution in [3.05, 3.63) is 65.7 Å². The van der Waals surface area contributed by atoms with E-state index in [4.69, 9.17) is 9.72 Å². The Morgan fingerprint density at radius 1 is 1.00 bits per heavy atom. The van der Waals surface area contributed by atoms with Crippen LogP contribution in [0.15, 0.2) is 54.6 Å². The molecule has 0 atom stereocenters. The van der Waals surface area contributed by atoms with Crippen LogP contribution >= 0.6 is 0 Å². The van der Waals surface area contributed by atoms with E-state index in [0.29, 0.717) is 24.4 Å². The summed E-state index contributed by atoms with van der Waals surface area (Å²) >= 11 is 0. The van der Waals surface area contributed by atoms with E-state index >= 15 is 0 Å². The normalized spacial score (nSPS) is 14.4. The van der Waals surface area contributed by atoms with Gasteiger partial charge in [0, 0.05) is 37.1 Å². The molecule has 0 bridgehead atoms. The Hall–Kier alpha value is -3.08. The van der Waals surface area contributed by atoms with Gasteiger partial charge in [0.05, 0.1) is 12.6 Å². The number of benzene rings is 2. The fourth-order valence-corrected chi connectivity index (χ4v) is 3.59. The van der Waals surface area contributed by atoms with Crippen LogP contribution in [0.2, 0.25) is 0 Å². The maximum absolute atomic E-state index is 12.8. The van der Waals surface area contributed by atoms with Crippen LogP contribution in [0.4, 0.5) is 5.82 Å². The summed E-state index contributed by atoms with van der Waals surface area (Å²) in [6.45, 7) is 5.03. The van der Waals surface area contributed by atoms with Crippen molar-refractivity contribution >= 4 is 22.6 Å². The highest BCUT2D eigenvalue weighted by Crippen LogP contribution is 2.24. The van der Waals surface area contributed by atoms with Gasteiger partial charge in [-0.2, -0.15) is 0 Å². The second kappa shape index (κ2) is 7.27. The lowest BCUT2D eigenvalue weighted by atomic mass is 10.1. The summed E-state index contributed by atoms with van der Waals surface area (Å²) in [5.41, 5.74) is 2.84. The van der Waals surface area contributed by atoms with Crippen molar-refractivity contribution in [2.75, 3.05) is 38.2 Å². The monoisotopic (exact) mass is 361 g/mol. The molecule has 0 unspecified atom stereocenters. The van der Waals surface area contributed by atoms with Crippen LogP contribution in [-0.4, -0.2) is 49.1 Å². The Bertz CT molecular complexity index is 978. The number of fused-ring (bicyclic) bond motifs is 1. The van der Waals surface area contributed by atoms with Crippen molar-refractivity contribution in [1.29, 1.82) is 0 Å². The summed E-state index contributed by atoms with van der Waals surface area (Å²) in [5, 5.41) is 1.16. The molecule has 5 nitrogen and oxygen atoms in total. The van der Waals surface area contributed by atoms with Crippen molar-refractivity contribution in [2.45, 2.75) is 6.92 Å². The van der Waals surface area contributed by atoms with Gasteiger partial charge in [-0.25, -0.2) is 4.98 Å². The van der Waals surface area contributed by atoms with E-state index in [2.05, 4.69) is 24.0 Å². The topological polar surface area (TPSA) is 45.7 Å². The number of hydrogen-bond acceptors (Lipinski definition) is 4. The van der Waals surface area contributed by atoms with Gasteiger partial charge >= 0.3 is 0 Å². The number of methoxy groups -OCH3 is 1. The number of carbonyl (C=O) groups is 1. The smallest absolute Gasteiger partial charge is 0.254 e. The van der Waals surface area contributed by atoms with Crippen LogP contribution in [0.1, 0.15) is 15.9 Å². The molecule has 1 aliphatic heterocycles. The van der Waals surface area contributed by atoms with Crippen LogP contribution in [0.25, 0.3) is 10.9 Å². The second-order valence-electron chi connectivity index (χ2n) is 6.83. The molecule has 138 valence electrons. The minimum Gasteiger partial charge on any atom is -0.497 e. The summed E-state index contributed by atoms with van der Waals surface area (Å²) < 4.78 is 5.23. The van der Waals surface area contributed by atoms with Crippen molar-refractivity contribution < 1.29 is 9.53 Å². The summed E-state index contributed by atoms with van der Waals surface area (Å²) in [6, 6.07) is 17.7. The molecule has 1 aromatic heterocycles. The van der Waals surface area contributed by atoms with Crippen LogP contribution in [0.5, 0.6) is 5.75 Å². The number of hydrogen-bond donors (Lipinski definition) is 0. The Balaban J connectivity index is 1.49. The van der Waals surface area contributed by atoms with E-state index in [9.17, 15) is 4.79 Å². The highest BCUT2D eigenvalue weighted by atomic mass is 16.5. The minimum atomic E-state index is 0.0525. The summed E-state index contributed by atoms with van der Waals surface area (Å²) in [4.78, 5) is 21.8. The standard InChI is InChI=1S/C22H23N3O2/c1-16-14-17-6-3-4-9-20(17)23-21(16)24-10-12-25(13-11-24)22(26)18-7-5-8-19(15-18)27-2/h3-9,14-15H,10-13H2,1-2H3. The largest absolute Gasteiger partial charge is 0.497 e. The quantitative estimate of drug-likeness (QED) is 0.716. The number of anilines is 1. The summed E-state index contributed by atoms with van der Waals surface area (Å²) in [6.07, 6.45) is 0. The summed E-state index contributed by atoms with van der Waals surface area (Å²) in [7, 11) is 1.61. The van der Waals surface area contributed by atoms with Gasteiger partial charge in [-0.1, -0.05) is 24.3 Å². The number of nitrogens with zero attached hydrogens (tertiary/aromatic N) is 3. The third-order valence-electron chi connectivity index (χ3n) is 5.07. The number of aryl methyl sites for hydroxylation is 1. The van der Waals surface area contributed by atoms with Crippen molar-refractivity contribution in [2.24, 2.45) is 0 Å². The molecule has 0 saturated carbocycles. The average molecular weight is 361 g/mol. The maximum atomic E-state index is 12.8. The number of para-hydroxylation sites is 1. The molecule has 1 amide bonds. The predicted octanol–water partition coefficient (Wildman–Crippen LogP) is 3.51. The fraction of sp³-hybridized carbons (Fsp3) is 0.273. The second-order valence-corrected chi connectivity index (χ2v) is 6.83. The van der Waals surface area contributed by atoms with Crippen molar-refractivity contribution in [1.82, 2.24) is 9.88 Å². The fourth-order valence-electron chi connectivity index (χ4n) is 3.59. The number of amides is 1. The first-order valence-electron chi connectivity index (χ1n) is 9.20. The van der Waals surface area contributed by atoms with Gasteiger partial charge in [0.25, 0.3) is 5.91 Å². The van der Waals surface area contributed by atoms with Crippen molar-refractivity contribution in [3.63, 3.8) is 0 Å². The molecule has 1 saturated heterocycles. The van der Waals surface area contributed by atoms with E-state index < -0.39 is 0 Å². The third kappa shape index (κ3) is 3.45. The maximum Gasteiger partial charge on any atom is 0.254 e. The molecule has 1 fully saturated rings. The van der Waals surface area contributed by atoms with Gasteiger partial charge in [0.15, 0.2) is 0 Å². The van der Waals surface area contributed by atoms with Gasteiger partial charge in [0.1, 0.15) is 11.6 Å². The molecule has 2 aromatic carbocycles. The molecule has 1 aliphatic rings. The van der Waals surface area contributed by atoms with Gasteiger partial charge in [-0.15, -0.1) is 0 Å². The lowest BCUT2D eigenvalue weighted by Crippen LogP contribution is -2.49. The Morgan fingerprint density at radius 3 is 2.56 bits per heavy atom. The molecular formula is C22H23N3O2. The number of pyridine rings is 1. The van der Waals surface area contributed by atoms with Crippen molar-refractivity contribution in [3.8, 4) is 5.75 Å². The van der Waals surface area contributed by atoms with Gasteiger partial charge < -0.3 is 14.5 Å². The lowest BCUT2D eigenvalue weighted by molar-refractivity contribution is 0.0746. The first kappa shape index (κ1) is 17.3. The zero-order valence-corrected chi connectivity index (χ0v) is 15.7. The average Bonchev–Trinajstić information content (AvgIpc) is 2.73. The molecule has 2 heterocycles. The van der Waals surface area contributed by atoms with Crippen LogP contribution in [0.3, 0.4) is 0 Å². The van der Waals surface area contributed by atoms with E-state index in [0.717, 1.165) is 29.8 Å². The number of carbonyl (C=O) groups excluding carboxylic acids is 1. The van der Waals surface area contributed by atoms with Crippen LogP contribution in [0, 0.1) is 6.92 Å². The highest BCUT2D eigenvalue weighted by molar-refractivity contribution is 5.94. The molecule has 5 heteroatoms. The number of ether oxygens (including phenoxy) is 1. The zero-order chi connectivity index (χ0) is 18.8. The molecule has 27 heavy (non-hydrogen) atoms. The number of aromatic nitrogens is 1. The molecule has 0 N–H and O–H groups in total. The van der Waals surface area contributed by atoms with Gasteiger partial charge in [-0.3, -0.25) is 4.79 Å². The molecular weight excluding hydrogens is 338 g/mol. The van der Waals surface area contributed by atoms with E-state index in [1.807, 2.05) is 41.3 Å². The van der Waals surface area contributed by atoms with Gasteiger partial charge in [-0.05, 0) is 42.8 Å². The molecule has 4 rings (SSSR count). The minimum absolute atomic E-state index is 0.0525. The first-order chi connectivity index (χ1) is 13.2. The molecule has 0 aliphatic carbocycles. The zero-order valence-electron chi connectivity index (χ0n) is 15.7. The Labute approximate surface area is 159 Å². The number of rotatable bonds is 3. The molecule has 0 radical (unpaired) electrons. The van der Waals surface area contributed by atoms with E-state index in [-0.39, 0.29) is 5.91 Å². The third-order valence-corrected chi connectivity index (χ3v) is 5.07. The Morgan fingerprint density at radius 2 is 1.78 bits per heavy atom. The van der Waals surface area contributed by atoms with Crippen LogP contribution < -0.4 is 9.64 Å². The Kier molecular flexibility index (Phi) is 4.67. The predicted molar refractivity (Wildman–Crippen MR) is 108 cm³/mol. The van der Waals surface area contributed by atoms with Gasteiger partial charge in [0.2, 0.25) is 0 Å². The molecule has 0 spiro atoms. The number of piperazine rings is 1. The first-order valence-corrected chi connectivity index (χ1v) is 9.20. The highest BCUT2D eigenvalue weighted by Gasteiger charge is 2.24. The van der Waals surface area contributed by atoms with E-state index in [1.165, 1.54) is 5.56 Å². The SMILES string of the molecule is COc1cccc(C(=O)N2CCN(c3nc4ccccc4cc3C)CC2)c1. The molecule has 3 aromatic rings. The summed E-state index contributed by atoms with van der Waals surface area (Å²) in [5.74, 6) is 1.77. The lowest BCUT2D eigenvalue weighted by Gasteiger charge is -2.36. The van der Waals surface area contributed by atoms with E-state index in [1.54, 1.807) is 13.2 Å². The van der Waals surface area contributed by atoms with Crippen LogP contribution in [-0.2, 0) is 0 Å².